The minimum atomic E-state index is -4.22. The van der Waals surface area contributed by atoms with E-state index in [1.165, 1.54) is 15.2 Å². The number of hydrogen-bond acceptors (Lipinski definition) is 7. The van der Waals surface area contributed by atoms with Crippen molar-refractivity contribution in [3.63, 3.8) is 0 Å². The van der Waals surface area contributed by atoms with Crippen molar-refractivity contribution >= 4 is 57.2 Å². The van der Waals surface area contributed by atoms with Crippen LogP contribution in [0.5, 0.6) is 11.5 Å². The molecule has 178 valence electrons. The number of nitrogens with zero attached hydrogens (tertiary/aromatic N) is 3. The molecule has 0 saturated carbocycles. The third kappa shape index (κ3) is 7.51. The molecule has 13 heteroatoms. The first-order valence-electron chi connectivity index (χ1n) is 10.4. The molecule has 1 aromatic heterocycles. The Bertz CT molecular complexity index is 1000. The molecule has 2 amide bonds. The number of hydrogen-bond donors (Lipinski definition) is 2. The van der Waals surface area contributed by atoms with Crippen LogP contribution in [0.2, 0.25) is 0 Å². The molecular weight excluding hydrogens is 461 g/mol. The first-order chi connectivity index (χ1) is 15.3. The van der Waals surface area contributed by atoms with Crippen molar-refractivity contribution in [2.75, 3.05) is 36.0 Å². The summed E-state index contributed by atoms with van der Waals surface area (Å²) in [7, 11) is -2.53. The van der Waals surface area contributed by atoms with Crippen LogP contribution in [0.15, 0.2) is 30.6 Å². The molecule has 11 nitrogen and oxygen atoms in total. The van der Waals surface area contributed by atoms with Crippen molar-refractivity contribution in [3.05, 3.63) is 30.6 Å². The van der Waals surface area contributed by atoms with Crippen LogP contribution in [-0.2, 0) is 22.0 Å². The fourth-order valence-corrected chi connectivity index (χ4v) is 4.81. The summed E-state index contributed by atoms with van der Waals surface area (Å²) in [5.74, 6) is 0.992. The monoisotopic (exact) mass is 491 g/mol. The molecule has 1 fully saturated rings. The SMILES string of the molecule is CCOc1cc(NC(=O)NS(=O)(=O)N(c2cnn(C)c2)C2CCOCC2)cc(OCC)c1.[NaH]. The summed E-state index contributed by atoms with van der Waals surface area (Å²) < 4.78 is 47.6. The minimum absolute atomic E-state index is 0. The van der Waals surface area contributed by atoms with Crippen molar-refractivity contribution in [1.82, 2.24) is 14.5 Å². The van der Waals surface area contributed by atoms with Gasteiger partial charge in [0.2, 0.25) is 0 Å². The maximum absolute atomic E-state index is 13.2. The number of nitrogens with one attached hydrogen (secondary N) is 2. The standard InChI is InChI=1S/C20H29N5O6S.Na.H/c1-4-30-18-10-15(11-19(12-18)31-5-2)22-20(26)23-32(27,28)25(16-6-8-29-9-7-16)17-13-21-24(3)14-17;;/h10-14,16H,4-9H2,1-3H3,(H2,22,23,26);;. The molecule has 1 aliphatic heterocycles. The molecule has 3 rings (SSSR count). The van der Waals surface area contributed by atoms with Gasteiger partial charge in [0.05, 0.1) is 31.1 Å². The first-order valence-corrected chi connectivity index (χ1v) is 11.9. The topological polar surface area (TPSA) is 124 Å². The summed E-state index contributed by atoms with van der Waals surface area (Å²) in [6.07, 6.45) is 4.05. The zero-order valence-electron chi connectivity index (χ0n) is 18.4. The number of amides is 2. The van der Waals surface area contributed by atoms with Gasteiger partial charge in [-0.3, -0.25) is 4.68 Å². The van der Waals surface area contributed by atoms with E-state index < -0.39 is 16.2 Å². The van der Waals surface area contributed by atoms with Crippen LogP contribution in [0.3, 0.4) is 0 Å². The Labute approximate surface area is 216 Å². The molecule has 0 bridgehead atoms. The normalized spacial score (nSPS) is 14.2. The third-order valence-electron chi connectivity index (χ3n) is 4.71. The van der Waals surface area contributed by atoms with Crippen LogP contribution in [0.25, 0.3) is 0 Å². The Morgan fingerprint density at radius 1 is 1.18 bits per heavy atom. The van der Waals surface area contributed by atoms with Crippen LogP contribution in [0.4, 0.5) is 16.2 Å². The fourth-order valence-electron chi connectivity index (χ4n) is 3.45. The van der Waals surface area contributed by atoms with Gasteiger partial charge in [0.15, 0.2) is 0 Å². The number of benzene rings is 1. The van der Waals surface area contributed by atoms with E-state index >= 15 is 0 Å². The average molecular weight is 492 g/mol. The van der Waals surface area contributed by atoms with Gasteiger partial charge < -0.3 is 19.5 Å². The van der Waals surface area contributed by atoms with E-state index in [4.69, 9.17) is 14.2 Å². The van der Waals surface area contributed by atoms with Crippen molar-refractivity contribution in [1.29, 1.82) is 0 Å². The van der Waals surface area contributed by atoms with E-state index in [0.29, 0.717) is 62.1 Å². The second-order valence-corrected chi connectivity index (χ2v) is 8.68. The Kier molecular flexibility index (Phi) is 10.3. The second-order valence-electron chi connectivity index (χ2n) is 7.13. The number of urea groups is 1. The first kappa shape index (κ1) is 27.3. The Hall–Kier alpha value is -1.99. The van der Waals surface area contributed by atoms with Crippen molar-refractivity contribution in [3.8, 4) is 11.5 Å². The number of rotatable bonds is 9. The average Bonchev–Trinajstić information content (AvgIpc) is 3.14. The van der Waals surface area contributed by atoms with E-state index in [2.05, 4.69) is 15.1 Å². The molecule has 0 aliphatic carbocycles. The van der Waals surface area contributed by atoms with Gasteiger partial charge in [-0.25, -0.2) is 13.8 Å². The number of ether oxygens (including phenoxy) is 3. The molecule has 2 N–H and O–H groups in total. The van der Waals surface area contributed by atoms with E-state index in [9.17, 15) is 13.2 Å². The van der Waals surface area contributed by atoms with Gasteiger partial charge in [0, 0.05) is 50.3 Å². The molecule has 0 atom stereocenters. The molecule has 2 aromatic rings. The zero-order valence-corrected chi connectivity index (χ0v) is 19.2. The van der Waals surface area contributed by atoms with Crippen LogP contribution in [0, 0.1) is 0 Å². The van der Waals surface area contributed by atoms with E-state index in [-0.39, 0.29) is 35.6 Å². The Balaban J connectivity index is 0.00000385. The molecule has 1 aliphatic rings. The predicted octanol–water partition coefficient (Wildman–Crippen LogP) is 1.62. The predicted molar refractivity (Wildman–Crippen MR) is 127 cm³/mol. The van der Waals surface area contributed by atoms with E-state index in [1.807, 2.05) is 13.8 Å². The summed E-state index contributed by atoms with van der Waals surface area (Å²) in [5.41, 5.74) is 0.711. The molecule has 33 heavy (non-hydrogen) atoms. The van der Waals surface area contributed by atoms with Crippen molar-refractivity contribution in [2.24, 2.45) is 7.05 Å². The summed E-state index contributed by atoms with van der Waals surface area (Å²) in [6, 6.07) is 3.62. The van der Waals surface area contributed by atoms with Gasteiger partial charge in [0.25, 0.3) is 0 Å². The van der Waals surface area contributed by atoms with Crippen LogP contribution in [-0.4, -0.2) is 86.3 Å². The fraction of sp³-hybridized carbons (Fsp3) is 0.500. The number of carbonyl (C=O) groups excluding carboxylic acids is 1. The molecule has 1 saturated heterocycles. The van der Waals surface area contributed by atoms with Crippen LogP contribution >= 0.6 is 0 Å². The van der Waals surface area contributed by atoms with Gasteiger partial charge in [-0.2, -0.15) is 13.5 Å². The Morgan fingerprint density at radius 2 is 1.79 bits per heavy atom. The summed E-state index contributed by atoms with van der Waals surface area (Å²) in [4.78, 5) is 12.6. The van der Waals surface area contributed by atoms with Gasteiger partial charge in [0.1, 0.15) is 11.5 Å². The number of aryl methyl sites for hydroxylation is 1. The number of carbonyl (C=O) groups is 1. The maximum atomic E-state index is 13.2. The van der Waals surface area contributed by atoms with Gasteiger partial charge >= 0.3 is 45.8 Å². The summed E-state index contributed by atoms with van der Waals surface area (Å²) in [5, 5.41) is 6.62. The second kappa shape index (κ2) is 12.5. The van der Waals surface area contributed by atoms with Crippen LogP contribution in [0.1, 0.15) is 26.7 Å². The van der Waals surface area contributed by atoms with Crippen molar-refractivity contribution in [2.45, 2.75) is 32.7 Å². The third-order valence-corrected chi connectivity index (χ3v) is 6.18. The molecule has 0 radical (unpaired) electrons. The van der Waals surface area contributed by atoms with Crippen molar-refractivity contribution < 1.29 is 27.4 Å². The molecule has 2 heterocycles. The van der Waals surface area contributed by atoms with Gasteiger partial charge in [-0.1, -0.05) is 0 Å². The molecule has 0 spiro atoms. The molecule has 1 aromatic carbocycles. The van der Waals surface area contributed by atoms with E-state index in [1.54, 1.807) is 31.4 Å². The van der Waals surface area contributed by atoms with Crippen LogP contribution < -0.4 is 23.8 Å². The van der Waals surface area contributed by atoms with Gasteiger partial charge in [-0.05, 0) is 26.7 Å². The molecular formula is C20H30N5NaO6S. The van der Waals surface area contributed by atoms with E-state index in [0.717, 1.165) is 0 Å². The quantitative estimate of drug-likeness (QED) is 0.511. The Morgan fingerprint density at radius 3 is 2.30 bits per heavy atom. The number of aromatic nitrogens is 2. The summed E-state index contributed by atoms with van der Waals surface area (Å²) in [6.45, 7) is 5.41. The van der Waals surface area contributed by atoms with Gasteiger partial charge in [-0.15, -0.1) is 0 Å². The summed E-state index contributed by atoms with van der Waals surface area (Å²) >= 11 is 0. The molecule has 0 unspecified atom stereocenters. The zero-order chi connectivity index (χ0) is 23.1. The number of anilines is 2.